The minimum atomic E-state index is -1.09. The van der Waals surface area contributed by atoms with Crippen LogP contribution in [0.1, 0.15) is 27.4 Å². The van der Waals surface area contributed by atoms with Crippen molar-refractivity contribution in [3.8, 4) is 23.2 Å². The van der Waals surface area contributed by atoms with Gasteiger partial charge in [-0.25, -0.2) is 4.79 Å². The summed E-state index contributed by atoms with van der Waals surface area (Å²) in [5.41, 5.74) is 8.52. The van der Waals surface area contributed by atoms with E-state index in [1.165, 1.54) is 6.07 Å². The summed E-state index contributed by atoms with van der Waals surface area (Å²) in [4.78, 5) is 15.8. The Morgan fingerprint density at radius 3 is 2.70 bits per heavy atom. The number of pyridine rings is 1. The average molecular weight is 359 g/mol. The molecule has 0 radical (unpaired) electrons. The number of nitrogens with zero attached hydrogens (tertiary/aromatic N) is 3. The monoisotopic (exact) mass is 359 g/mol. The number of fused-ring (bicyclic) bond motifs is 1. The third-order valence-corrected chi connectivity index (χ3v) is 4.41. The largest absolute Gasteiger partial charge is 0.478 e. The van der Waals surface area contributed by atoms with Crippen molar-refractivity contribution in [2.75, 3.05) is 0 Å². The second-order valence-electron chi connectivity index (χ2n) is 5.87. The maximum atomic E-state index is 11.8. The maximum Gasteiger partial charge on any atom is 0.335 e. The molecule has 3 heterocycles. The number of carbonyl (C=O) groups is 1. The van der Waals surface area contributed by atoms with Crippen LogP contribution in [0.4, 0.5) is 0 Å². The number of nitriles is 1. The van der Waals surface area contributed by atoms with E-state index in [0.717, 1.165) is 5.56 Å². The van der Waals surface area contributed by atoms with Gasteiger partial charge in [-0.1, -0.05) is 18.2 Å². The molecule has 4 rings (SSSR count). The third-order valence-electron chi connectivity index (χ3n) is 4.41. The topological polar surface area (TPSA) is 138 Å². The molecule has 1 aliphatic heterocycles. The van der Waals surface area contributed by atoms with Crippen molar-refractivity contribution < 1.29 is 14.6 Å². The Morgan fingerprint density at radius 2 is 2.00 bits per heavy atom. The van der Waals surface area contributed by atoms with E-state index < -0.39 is 11.9 Å². The van der Waals surface area contributed by atoms with Gasteiger partial charge in [-0.05, 0) is 23.8 Å². The van der Waals surface area contributed by atoms with Crippen molar-refractivity contribution in [2.24, 2.45) is 5.73 Å². The first-order chi connectivity index (χ1) is 13.1. The molecule has 0 aliphatic carbocycles. The zero-order chi connectivity index (χ0) is 19.0. The number of aromatic amines is 1. The molecule has 8 heteroatoms. The van der Waals surface area contributed by atoms with Gasteiger partial charge in [0.25, 0.3) is 0 Å². The lowest BCUT2D eigenvalue weighted by molar-refractivity contribution is 0.0695. The highest BCUT2D eigenvalue weighted by atomic mass is 16.5. The number of aromatic nitrogens is 3. The molecule has 0 amide bonds. The molecule has 0 saturated heterocycles. The minimum Gasteiger partial charge on any atom is -0.478 e. The Labute approximate surface area is 153 Å². The van der Waals surface area contributed by atoms with Crippen LogP contribution in [0.25, 0.3) is 11.3 Å². The van der Waals surface area contributed by atoms with Crippen molar-refractivity contribution in [3.63, 3.8) is 0 Å². The van der Waals surface area contributed by atoms with Gasteiger partial charge in [0, 0.05) is 18.0 Å². The molecule has 1 aliphatic rings. The van der Waals surface area contributed by atoms with Gasteiger partial charge in [0.15, 0.2) is 0 Å². The summed E-state index contributed by atoms with van der Waals surface area (Å²) in [6, 6.07) is 12.1. The highest BCUT2D eigenvalue weighted by Gasteiger charge is 2.37. The molecule has 27 heavy (non-hydrogen) atoms. The Morgan fingerprint density at radius 1 is 1.26 bits per heavy atom. The fraction of sp³-hybridized carbons (Fsp3) is 0.0526. The maximum absolute atomic E-state index is 11.8. The lowest BCUT2D eigenvalue weighted by atomic mass is 9.81. The van der Waals surface area contributed by atoms with E-state index in [9.17, 15) is 15.2 Å². The summed E-state index contributed by atoms with van der Waals surface area (Å²) in [6.07, 6.45) is 3.25. The summed E-state index contributed by atoms with van der Waals surface area (Å²) < 4.78 is 5.52. The van der Waals surface area contributed by atoms with Crippen LogP contribution >= 0.6 is 0 Å². The Bertz CT molecular complexity index is 1110. The van der Waals surface area contributed by atoms with Crippen LogP contribution in [0.5, 0.6) is 5.88 Å². The van der Waals surface area contributed by atoms with Crippen LogP contribution < -0.4 is 10.5 Å². The average Bonchev–Trinajstić information content (AvgIpc) is 3.10. The van der Waals surface area contributed by atoms with Gasteiger partial charge < -0.3 is 15.6 Å². The Hall–Kier alpha value is -4.12. The predicted octanol–water partition coefficient (Wildman–Crippen LogP) is 2.39. The minimum absolute atomic E-state index is 0.0813. The highest BCUT2D eigenvalue weighted by Crippen LogP contribution is 2.46. The first kappa shape index (κ1) is 16.4. The van der Waals surface area contributed by atoms with Gasteiger partial charge in [-0.3, -0.25) is 10.1 Å². The molecule has 4 N–H and O–H groups in total. The number of hydrogen-bond acceptors (Lipinski definition) is 6. The quantitative estimate of drug-likeness (QED) is 0.652. The van der Waals surface area contributed by atoms with Gasteiger partial charge in [0.1, 0.15) is 11.6 Å². The van der Waals surface area contributed by atoms with Gasteiger partial charge in [0.2, 0.25) is 11.8 Å². The first-order valence-electron chi connectivity index (χ1n) is 8.00. The van der Waals surface area contributed by atoms with Crippen molar-refractivity contribution in [3.05, 3.63) is 76.9 Å². The second-order valence-corrected chi connectivity index (χ2v) is 5.87. The molecule has 1 aromatic carbocycles. The molecule has 2 aromatic heterocycles. The van der Waals surface area contributed by atoms with Crippen molar-refractivity contribution in [2.45, 2.75) is 5.92 Å². The number of H-pyrrole nitrogens is 1. The summed E-state index contributed by atoms with van der Waals surface area (Å²) >= 11 is 0. The molecule has 0 fully saturated rings. The van der Waals surface area contributed by atoms with E-state index >= 15 is 0 Å². The fourth-order valence-electron chi connectivity index (χ4n) is 3.24. The molecule has 132 valence electrons. The van der Waals surface area contributed by atoms with Crippen molar-refractivity contribution in [1.82, 2.24) is 15.2 Å². The second kappa shape index (κ2) is 6.31. The first-order valence-corrected chi connectivity index (χ1v) is 8.00. The van der Waals surface area contributed by atoms with E-state index in [4.69, 9.17) is 10.5 Å². The van der Waals surface area contributed by atoms with E-state index in [-0.39, 0.29) is 22.9 Å². The Kier molecular flexibility index (Phi) is 3.82. The van der Waals surface area contributed by atoms with Crippen LogP contribution in [-0.2, 0) is 0 Å². The Balaban J connectivity index is 2.01. The number of nitrogens with one attached hydrogen (secondary N) is 1. The van der Waals surface area contributed by atoms with Gasteiger partial charge in [-0.15, -0.1) is 5.10 Å². The molecule has 0 saturated carbocycles. The smallest absolute Gasteiger partial charge is 0.335 e. The van der Waals surface area contributed by atoms with E-state index in [1.54, 1.807) is 42.7 Å². The van der Waals surface area contributed by atoms with Gasteiger partial charge in [-0.2, -0.15) is 5.26 Å². The normalized spacial score (nSPS) is 15.6. The standard InChI is InChI=1S/C19H13N5O3/c20-9-13-14(11-3-1-2-4-12(11)19(25)26)15-16(10-5-7-22-8-6-10)23-24-18(15)27-17(13)21/h1-8,14H,21H2,(H,23,24)(H,25,26)/t14-/m0/s1. The van der Waals surface area contributed by atoms with Crippen LogP contribution in [0, 0.1) is 11.3 Å². The van der Waals surface area contributed by atoms with E-state index in [0.29, 0.717) is 16.8 Å². The molecule has 3 aromatic rings. The molecule has 8 nitrogen and oxygen atoms in total. The molecule has 0 spiro atoms. The number of aromatic carboxylic acids is 1. The molecular weight excluding hydrogens is 346 g/mol. The van der Waals surface area contributed by atoms with Crippen LogP contribution in [0.2, 0.25) is 0 Å². The van der Waals surface area contributed by atoms with E-state index in [2.05, 4.69) is 21.3 Å². The molecule has 0 unspecified atom stereocenters. The zero-order valence-corrected chi connectivity index (χ0v) is 13.9. The number of carboxylic acid groups (broad SMARTS) is 1. The van der Waals surface area contributed by atoms with Crippen LogP contribution in [-0.4, -0.2) is 26.3 Å². The number of rotatable bonds is 3. The fourth-order valence-corrected chi connectivity index (χ4v) is 3.24. The lowest BCUT2D eigenvalue weighted by Gasteiger charge is -2.25. The molecule has 0 bridgehead atoms. The highest BCUT2D eigenvalue weighted by molar-refractivity contribution is 5.90. The summed E-state index contributed by atoms with van der Waals surface area (Å²) in [5, 5.41) is 26.4. The molecular formula is C19H13N5O3. The van der Waals surface area contributed by atoms with Crippen molar-refractivity contribution in [1.29, 1.82) is 5.26 Å². The predicted molar refractivity (Wildman–Crippen MR) is 94.5 cm³/mol. The van der Waals surface area contributed by atoms with Gasteiger partial charge >= 0.3 is 5.97 Å². The number of allylic oxidation sites excluding steroid dienone is 1. The summed E-state index contributed by atoms with van der Waals surface area (Å²) in [7, 11) is 0. The SMILES string of the molecule is N#CC1=C(N)Oc2n[nH]c(-c3ccncc3)c2[C@H]1c1ccccc1C(=O)O. The number of carboxylic acids is 1. The lowest BCUT2D eigenvalue weighted by Crippen LogP contribution is -2.22. The van der Waals surface area contributed by atoms with Crippen molar-refractivity contribution >= 4 is 5.97 Å². The van der Waals surface area contributed by atoms with E-state index in [1.807, 2.05) is 0 Å². The number of benzene rings is 1. The van der Waals surface area contributed by atoms with Crippen LogP contribution in [0.3, 0.4) is 0 Å². The molecule has 1 atom stereocenters. The number of hydrogen-bond donors (Lipinski definition) is 3. The van der Waals surface area contributed by atoms with Gasteiger partial charge in [0.05, 0.1) is 22.7 Å². The van der Waals surface area contributed by atoms with Crippen LogP contribution in [0.15, 0.2) is 60.2 Å². The third kappa shape index (κ3) is 2.58. The zero-order valence-electron chi connectivity index (χ0n) is 13.9. The summed E-state index contributed by atoms with van der Waals surface area (Å²) in [6.45, 7) is 0. The number of nitrogens with two attached hydrogens (primary N) is 1. The summed E-state index contributed by atoms with van der Waals surface area (Å²) in [5.74, 6) is -1.71. The number of ether oxygens (including phenoxy) is 1.